The molecule has 0 bridgehead atoms. The first kappa shape index (κ1) is 19.6. The Morgan fingerprint density at radius 1 is 1.21 bits per heavy atom. The van der Waals surface area contributed by atoms with Crippen molar-refractivity contribution in [3.05, 3.63) is 65.4 Å². The molecular weight excluding hydrogens is 388 g/mol. The highest BCUT2D eigenvalue weighted by Crippen LogP contribution is 2.34. The number of carbonyl (C=O) groups is 1. The number of amides is 1. The first-order chi connectivity index (χ1) is 14.1. The average Bonchev–Trinajstić information content (AvgIpc) is 3.26. The molecule has 1 amide bonds. The number of aromatic nitrogens is 3. The Kier molecular flexibility index (Phi) is 5.66. The van der Waals surface area contributed by atoms with E-state index in [9.17, 15) is 15.0 Å². The molecule has 8 heteroatoms. The predicted octanol–water partition coefficient (Wildman–Crippen LogP) is 2.03. The molecule has 2 N–H and O–H groups in total. The van der Waals surface area contributed by atoms with Crippen LogP contribution in [0.4, 0.5) is 0 Å². The van der Waals surface area contributed by atoms with Crippen molar-refractivity contribution in [2.45, 2.75) is 18.9 Å². The number of aliphatic hydroxyl groups is 2. The van der Waals surface area contributed by atoms with E-state index >= 15 is 0 Å². The summed E-state index contributed by atoms with van der Waals surface area (Å²) in [5.41, 5.74) is 0.559. The fraction of sp³-hybridized carbons (Fsp3) is 0.333. The van der Waals surface area contributed by atoms with Gasteiger partial charge in [-0.3, -0.25) is 4.79 Å². The minimum atomic E-state index is -0.795. The molecule has 0 saturated carbocycles. The Hall–Kier alpha value is -2.68. The number of thiazole rings is 1. The average molecular weight is 410 g/mol. The maximum absolute atomic E-state index is 13.1. The summed E-state index contributed by atoms with van der Waals surface area (Å²) in [4.78, 5) is 27.5. The SMILES string of the molecule is O=C(c1csc(-c2ncccn2)n1)N1CC[C@H](O)[C@](CO)(Cc2ccccc2)C1. The summed E-state index contributed by atoms with van der Waals surface area (Å²) < 4.78 is 0. The number of benzene rings is 1. The molecular formula is C21H22N4O3S. The standard InChI is InChI=1S/C21H22N4O3S/c26-14-21(11-15-5-2-1-3-6-15)13-25(10-7-17(21)27)20(28)16-12-29-19(24-16)18-22-8-4-9-23-18/h1-6,8-9,12,17,26-27H,7,10-11,13-14H2/t17-,21+/m0/s1. The summed E-state index contributed by atoms with van der Waals surface area (Å²) in [5, 5.41) is 23.1. The minimum Gasteiger partial charge on any atom is -0.396 e. The zero-order valence-corrected chi connectivity index (χ0v) is 16.6. The Balaban J connectivity index is 1.54. The Bertz CT molecular complexity index is 966. The van der Waals surface area contributed by atoms with Crippen molar-refractivity contribution >= 4 is 17.2 Å². The molecule has 150 valence electrons. The van der Waals surface area contributed by atoms with Gasteiger partial charge in [0.25, 0.3) is 5.91 Å². The third-order valence-corrected chi connectivity index (χ3v) is 6.20. The van der Waals surface area contributed by atoms with Crippen molar-refractivity contribution in [3.63, 3.8) is 0 Å². The van der Waals surface area contributed by atoms with E-state index in [1.807, 2.05) is 30.3 Å². The number of aliphatic hydroxyl groups excluding tert-OH is 2. The lowest BCUT2D eigenvalue weighted by molar-refractivity contribution is -0.0669. The van der Waals surface area contributed by atoms with E-state index in [2.05, 4.69) is 15.0 Å². The van der Waals surface area contributed by atoms with Gasteiger partial charge >= 0.3 is 0 Å². The fourth-order valence-corrected chi connectivity index (χ4v) is 4.49. The van der Waals surface area contributed by atoms with Gasteiger partial charge in [-0.2, -0.15) is 0 Å². The van der Waals surface area contributed by atoms with Crippen molar-refractivity contribution in [2.75, 3.05) is 19.7 Å². The molecule has 3 heterocycles. The van der Waals surface area contributed by atoms with Gasteiger partial charge in [0.15, 0.2) is 10.8 Å². The van der Waals surface area contributed by atoms with Crippen molar-refractivity contribution < 1.29 is 15.0 Å². The second-order valence-corrected chi connectivity index (χ2v) is 8.18. The normalized spacial score (nSPS) is 21.9. The van der Waals surface area contributed by atoms with E-state index in [0.717, 1.165) is 5.56 Å². The maximum atomic E-state index is 13.1. The Labute approximate surface area is 172 Å². The van der Waals surface area contributed by atoms with Crippen molar-refractivity contribution in [1.82, 2.24) is 19.9 Å². The number of hydrogen-bond donors (Lipinski definition) is 2. The first-order valence-electron chi connectivity index (χ1n) is 9.46. The molecule has 3 aromatic rings. The molecule has 1 saturated heterocycles. The van der Waals surface area contributed by atoms with E-state index < -0.39 is 11.5 Å². The van der Waals surface area contributed by atoms with Gasteiger partial charge in [-0.15, -0.1) is 11.3 Å². The van der Waals surface area contributed by atoms with Gasteiger partial charge < -0.3 is 15.1 Å². The van der Waals surface area contributed by atoms with Gasteiger partial charge in [0.1, 0.15) is 5.69 Å². The third-order valence-electron chi connectivity index (χ3n) is 5.37. The molecule has 1 fully saturated rings. The first-order valence-corrected chi connectivity index (χ1v) is 10.3. The van der Waals surface area contributed by atoms with Crippen molar-refractivity contribution in [1.29, 1.82) is 0 Å². The number of rotatable bonds is 5. The molecule has 1 aliphatic heterocycles. The van der Waals surface area contributed by atoms with Crippen LogP contribution in [0.3, 0.4) is 0 Å². The molecule has 0 radical (unpaired) electrons. The monoisotopic (exact) mass is 410 g/mol. The minimum absolute atomic E-state index is 0.201. The lowest BCUT2D eigenvalue weighted by atomic mass is 9.73. The third kappa shape index (κ3) is 4.05. The van der Waals surface area contributed by atoms with Crippen LogP contribution in [0.15, 0.2) is 54.2 Å². The van der Waals surface area contributed by atoms with Crippen LogP contribution in [0.2, 0.25) is 0 Å². The number of likely N-dealkylation sites (tertiary alicyclic amines) is 1. The lowest BCUT2D eigenvalue weighted by Crippen LogP contribution is -2.56. The number of piperidine rings is 1. The molecule has 4 rings (SSSR count). The zero-order chi connectivity index (χ0) is 20.3. The molecule has 7 nitrogen and oxygen atoms in total. The van der Waals surface area contributed by atoms with E-state index in [1.165, 1.54) is 11.3 Å². The van der Waals surface area contributed by atoms with Crippen molar-refractivity contribution in [3.8, 4) is 10.8 Å². The Morgan fingerprint density at radius 2 is 1.97 bits per heavy atom. The number of carbonyl (C=O) groups excluding carboxylic acids is 1. The number of hydrogen-bond acceptors (Lipinski definition) is 7. The molecule has 0 aliphatic carbocycles. The lowest BCUT2D eigenvalue weighted by Gasteiger charge is -2.45. The topological polar surface area (TPSA) is 99.4 Å². The summed E-state index contributed by atoms with van der Waals surface area (Å²) >= 11 is 1.32. The molecule has 0 unspecified atom stereocenters. The molecule has 1 aromatic carbocycles. The van der Waals surface area contributed by atoms with Crippen LogP contribution < -0.4 is 0 Å². The highest BCUT2D eigenvalue weighted by atomic mass is 32.1. The van der Waals surface area contributed by atoms with Crippen LogP contribution in [-0.4, -0.2) is 61.8 Å². The molecule has 2 atom stereocenters. The molecule has 0 spiro atoms. The fourth-order valence-electron chi connectivity index (χ4n) is 3.76. The van der Waals surface area contributed by atoms with E-state index in [-0.39, 0.29) is 19.1 Å². The van der Waals surface area contributed by atoms with E-state index in [1.54, 1.807) is 28.7 Å². The van der Waals surface area contributed by atoms with Crippen molar-refractivity contribution in [2.24, 2.45) is 5.41 Å². The zero-order valence-electron chi connectivity index (χ0n) is 15.8. The van der Waals surface area contributed by atoms with Gasteiger partial charge in [0.05, 0.1) is 12.7 Å². The predicted molar refractivity (Wildman–Crippen MR) is 109 cm³/mol. The maximum Gasteiger partial charge on any atom is 0.273 e. The molecule has 2 aromatic heterocycles. The van der Waals surface area contributed by atoms with Gasteiger partial charge in [0.2, 0.25) is 0 Å². The van der Waals surface area contributed by atoms with Gasteiger partial charge in [-0.05, 0) is 24.5 Å². The largest absolute Gasteiger partial charge is 0.396 e. The summed E-state index contributed by atoms with van der Waals surface area (Å²) in [6, 6.07) is 11.5. The summed E-state index contributed by atoms with van der Waals surface area (Å²) in [7, 11) is 0. The summed E-state index contributed by atoms with van der Waals surface area (Å²) in [5.74, 6) is 0.278. The van der Waals surface area contributed by atoms with Crippen LogP contribution in [0.25, 0.3) is 10.8 Å². The quantitative estimate of drug-likeness (QED) is 0.668. The second-order valence-electron chi connectivity index (χ2n) is 7.32. The van der Waals surface area contributed by atoms with Gasteiger partial charge in [-0.25, -0.2) is 15.0 Å². The van der Waals surface area contributed by atoms with Crippen LogP contribution in [0.1, 0.15) is 22.5 Å². The van der Waals surface area contributed by atoms with E-state index in [0.29, 0.717) is 35.9 Å². The second kappa shape index (κ2) is 8.36. The highest BCUT2D eigenvalue weighted by molar-refractivity contribution is 7.13. The van der Waals surface area contributed by atoms with Crippen LogP contribution in [0, 0.1) is 5.41 Å². The smallest absolute Gasteiger partial charge is 0.273 e. The highest BCUT2D eigenvalue weighted by Gasteiger charge is 2.44. The van der Waals surface area contributed by atoms with Gasteiger partial charge in [-0.1, -0.05) is 30.3 Å². The molecule has 1 aliphatic rings. The van der Waals surface area contributed by atoms with Crippen LogP contribution >= 0.6 is 11.3 Å². The van der Waals surface area contributed by atoms with Crippen LogP contribution in [-0.2, 0) is 6.42 Å². The number of nitrogens with zero attached hydrogens (tertiary/aromatic N) is 4. The summed E-state index contributed by atoms with van der Waals surface area (Å²) in [6.45, 7) is 0.491. The Morgan fingerprint density at radius 3 is 2.69 bits per heavy atom. The van der Waals surface area contributed by atoms with E-state index in [4.69, 9.17) is 0 Å². The van der Waals surface area contributed by atoms with Crippen LogP contribution in [0.5, 0.6) is 0 Å². The summed E-state index contributed by atoms with van der Waals surface area (Å²) in [6.07, 6.45) is 3.50. The van der Waals surface area contributed by atoms with Gasteiger partial charge in [0, 0.05) is 36.3 Å². The molecule has 29 heavy (non-hydrogen) atoms.